The van der Waals surface area contributed by atoms with E-state index in [1.807, 2.05) is 19.1 Å². The number of ether oxygens (including phenoxy) is 2. The van der Waals surface area contributed by atoms with Crippen LogP contribution in [0.2, 0.25) is 0 Å². The third-order valence-corrected chi connectivity index (χ3v) is 2.82. The first-order valence-corrected chi connectivity index (χ1v) is 6.19. The highest BCUT2D eigenvalue weighted by Crippen LogP contribution is 2.21. The first-order chi connectivity index (χ1) is 8.61. The van der Waals surface area contributed by atoms with E-state index in [0.29, 0.717) is 13.0 Å². The van der Waals surface area contributed by atoms with Crippen LogP contribution in [0.25, 0.3) is 0 Å². The zero-order chi connectivity index (χ0) is 13.5. The average molecular weight is 262 g/mol. The molecule has 1 aliphatic heterocycles. The van der Waals surface area contributed by atoms with Crippen LogP contribution < -0.4 is 0 Å². The van der Waals surface area contributed by atoms with Gasteiger partial charge in [-0.2, -0.15) is 0 Å². The summed E-state index contributed by atoms with van der Waals surface area (Å²) >= 11 is 0. The van der Waals surface area contributed by atoms with Crippen molar-refractivity contribution in [1.29, 1.82) is 0 Å². The van der Waals surface area contributed by atoms with E-state index >= 15 is 0 Å². The van der Waals surface area contributed by atoms with Crippen LogP contribution in [0.4, 0.5) is 0 Å². The van der Waals surface area contributed by atoms with Gasteiger partial charge in [0.05, 0.1) is 13.2 Å². The molecule has 0 aliphatic carbocycles. The second-order valence-corrected chi connectivity index (χ2v) is 4.24. The predicted octanol–water partition coefficient (Wildman–Crippen LogP) is -0.841. The number of aliphatic hydroxyl groups is 4. The normalized spacial score (nSPS) is 37.3. The maximum Gasteiger partial charge on any atom is 0.186 e. The van der Waals surface area contributed by atoms with Gasteiger partial charge in [0.2, 0.25) is 0 Å². The van der Waals surface area contributed by atoms with Crippen LogP contribution in [0, 0.1) is 0 Å². The summed E-state index contributed by atoms with van der Waals surface area (Å²) in [5.41, 5.74) is 0. The monoisotopic (exact) mass is 262 g/mol. The molecule has 1 saturated heterocycles. The number of aliphatic hydroxyl groups excluding tert-OH is 4. The van der Waals surface area contributed by atoms with E-state index in [9.17, 15) is 15.3 Å². The van der Waals surface area contributed by atoms with Crippen LogP contribution in [0.1, 0.15) is 19.8 Å². The second-order valence-electron chi connectivity index (χ2n) is 4.24. The molecule has 0 spiro atoms. The van der Waals surface area contributed by atoms with E-state index < -0.39 is 37.3 Å². The van der Waals surface area contributed by atoms with Crippen LogP contribution in [0.15, 0.2) is 12.2 Å². The molecular formula is C12H22O6. The molecule has 0 amide bonds. The molecule has 1 fully saturated rings. The Kier molecular flexibility index (Phi) is 6.77. The number of rotatable bonds is 6. The lowest BCUT2D eigenvalue weighted by Crippen LogP contribution is -2.59. The van der Waals surface area contributed by atoms with Gasteiger partial charge in [-0.1, -0.05) is 19.1 Å². The average Bonchev–Trinajstić information content (AvgIpc) is 2.38. The van der Waals surface area contributed by atoms with Crippen molar-refractivity contribution in [3.8, 4) is 0 Å². The first-order valence-electron chi connectivity index (χ1n) is 6.19. The second kappa shape index (κ2) is 7.83. The standard InChI is InChI=1S/C12H22O6/c1-2-3-4-5-6-17-12-11(16)10(15)9(14)8(7-13)18-12/h3-4,8-16H,2,5-7H2,1H3/b4-3-/t8-,9-,10+,11-,12-/m1/s1. The van der Waals surface area contributed by atoms with Gasteiger partial charge in [-0.05, 0) is 12.8 Å². The van der Waals surface area contributed by atoms with Crippen molar-refractivity contribution < 1.29 is 29.9 Å². The summed E-state index contributed by atoms with van der Waals surface area (Å²) in [6.45, 7) is 1.91. The molecule has 0 aromatic carbocycles. The van der Waals surface area contributed by atoms with Gasteiger partial charge in [0.25, 0.3) is 0 Å². The molecule has 1 rings (SSSR count). The van der Waals surface area contributed by atoms with Gasteiger partial charge < -0.3 is 29.9 Å². The summed E-state index contributed by atoms with van der Waals surface area (Å²) in [6.07, 6.45) is -0.436. The molecule has 0 unspecified atom stereocenters. The molecule has 0 aromatic heterocycles. The lowest BCUT2D eigenvalue weighted by Gasteiger charge is -2.39. The van der Waals surface area contributed by atoms with Crippen LogP contribution in [-0.4, -0.2) is 64.3 Å². The Morgan fingerprint density at radius 1 is 1.11 bits per heavy atom. The van der Waals surface area contributed by atoms with Crippen LogP contribution in [0.3, 0.4) is 0 Å². The van der Waals surface area contributed by atoms with Gasteiger partial charge in [0.1, 0.15) is 24.4 Å². The fraction of sp³-hybridized carbons (Fsp3) is 0.833. The highest BCUT2D eigenvalue weighted by Gasteiger charge is 2.43. The number of hydrogen-bond acceptors (Lipinski definition) is 6. The Hall–Kier alpha value is -0.500. The summed E-state index contributed by atoms with van der Waals surface area (Å²) < 4.78 is 10.5. The van der Waals surface area contributed by atoms with Crippen molar-refractivity contribution in [2.45, 2.75) is 50.5 Å². The Bertz CT molecular complexity index is 255. The molecule has 4 N–H and O–H groups in total. The molecule has 6 nitrogen and oxygen atoms in total. The van der Waals surface area contributed by atoms with Gasteiger partial charge in [0.15, 0.2) is 6.29 Å². The van der Waals surface area contributed by atoms with E-state index in [2.05, 4.69) is 0 Å². The molecule has 18 heavy (non-hydrogen) atoms. The van der Waals surface area contributed by atoms with E-state index in [-0.39, 0.29) is 0 Å². The van der Waals surface area contributed by atoms with Crippen molar-refractivity contribution in [3.63, 3.8) is 0 Å². The fourth-order valence-electron chi connectivity index (χ4n) is 1.74. The van der Waals surface area contributed by atoms with Crippen molar-refractivity contribution in [2.24, 2.45) is 0 Å². The van der Waals surface area contributed by atoms with E-state index in [0.717, 1.165) is 6.42 Å². The lowest BCUT2D eigenvalue weighted by atomic mass is 9.99. The molecule has 1 heterocycles. The fourth-order valence-corrected chi connectivity index (χ4v) is 1.74. The van der Waals surface area contributed by atoms with Crippen LogP contribution in [-0.2, 0) is 9.47 Å². The molecule has 0 aromatic rings. The molecule has 0 saturated carbocycles. The zero-order valence-electron chi connectivity index (χ0n) is 10.5. The minimum absolute atomic E-state index is 0.333. The van der Waals surface area contributed by atoms with Crippen molar-refractivity contribution in [2.75, 3.05) is 13.2 Å². The van der Waals surface area contributed by atoms with Gasteiger partial charge in [-0.15, -0.1) is 0 Å². The zero-order valence-corrected chi connectivity index (χ0v) is 10.5. The topological polar surface area (TPSA) is 99.4 Å². The van der Waals surface area contributed by atoms with E-state index in [4.69, 9.17) is 14.6 Å². The molecule has 0 bridgehead atoms. The maximum atomic E-state index is 9.66. The summed E-state index contributed by atoms with van der Waals surface area (Å²) in [7, 11) is 0. The summed E-state index contributed by atoms with van der Waals surface area (Å²) in [5.74, 6) is 0. The summed E-state index contributed by atoms with van der Waals surface area (Å²) in [6, 6.07) is 0. The molecule has 1 aliphatic rings. The summed E-state index contributed by atoms with van der Waals surface area (Å²) in [4.78, 5) is 0. The maximum absolute atomic E-state index is 9.66. The van der Waals surface area contributed by atoms with Crippen LogP contribution >= 0.6 is 0 Å². The van der Waals surface area contributed by atoms with E-state index in [1.165, 1.54) is 0 Å². The lowest BCUT2D eigenvalue weighted by molar-refractivity contribution is -0.300. The van der Waals surface area contributed by atoms with Gasteiger partial charge >= 0.3 is 0 Å². The molecule has 5 atom stereocenters. The number of hydrogen-bond donors (Lipinski definition) is 4. The highest BCUT2D eigenvalue weighted by atomic mass is 16.7. The van der Waals surface area contributed by atoms with Crippen molar-refractivity contribution in [1.82, 2.24) is 0 Å². The smallest absolute Gasteiger partial charge is 0.186 e. The number of allylic oxidation sites excluding steroid dienone is 1. The minimum Gasteiger partial charge on any atom is -0.394 e. The minimum atomic E-state index is -1.38. The molecule has 6 heteroatoms. The van der Waals surface area contributed by atoms with Gasteiger partial charge in [0, 0.05) is 0 Å². The van der Waals surface area contributed by atoms with E-state index in [1.54, 1.807) is 0 Å². The quantitative estimate of drug-likeness (QED) is 0.368. The van der Waals surface area contributed by atoms with Crippen molar-refractivity contribution >= 4 is 0 Å². The molecule has 0 radical (unpaired) electrons. The Labute approximate surface area is 106 Å². The summed E-state index contributed by atoms with van der Waals surface area (Å²) in [5, 5.41) is 37.7. The molecule has 106 valence electrons. The Balaban J connectivity index is 2.41. The third kappa shape index (κ3) is 4.01. The highest BCUT2D eigenvalue weighted by molar-refractivity contribution is 4.89. The van der Waals surface area contributed by atoms with Gasteiger partial charge in [-0.3, -0.25) is 0 Å². The van der Waals surface area contributed by atoms with Crippen molar-refractivity contribution in [3.05, 3.63) is 12.2 Å². The molecular weight excluding hydrogens is 240 g/mol. The largest absolute Gasteiger partial charge is 0.394 e. The Morgan fingerprint density at radius 3 is 2.44 bits per heavy atom. The predicted molar refractivity (Wildman–Crippen MR) is 63.8 cm³/mol. The Morgan fingerprint density at radius 2 is 1.83 bits per heavy atom. The van der Waals surface area contributed by atoms with Crippen LogP contribution in [0.5, 0.6) is 0 Å². The third-order valence-electron chi connectivity index (χ3n) is 2.82. The van der Waals surface area contributed by atoms with Gasteiger partial charge in [-0.25, -0.2) is 0 Å². The first kappa shape index (κ1) is 15.6. The SMILES string of the molecule is CC/C=C\CCO[C@@H]1O[C@H](CO)[C@@H](O)[C@H](O)[C@H]1O.